The van der Waals surface area contributed by atoms with Gasteiger partial charge in [0, 0.05) is 20.1 Å². The zero-order valence-electron chi connectivity index (χ0n) is 9.76. The molecule has 1 atom stereocenters. The van der Waals surface area contributed by atoms with Crippen molar-refractivity contribution in [1.29, 1.82) is 0 Å². The van der Waals surface area contributed by atoms with Crippen molar-refractivity contribution in [3.63, 3.8) is 0 Å². The van der Waals surface area contributed by atoms with Crippen LogP contribution in [0, 0.1) is 11.3 Å². The molecule has 3 heteroatoms. The van der Waals surface area contributed by atoms with E-state index in [-0.39, 0.29) is 6.03 Å². The molecule has 0 aromatic heterocycles. The lowest BCUT2D eigenvalue weighted by Gasteiger charge is -2.23. The van der Waals surface area contributed by atoms with Crippen molar-refractivity contribution in [2.24, 2.45) is 11.3 Å². The molecule has 0 saturated carbocycles. The van der Waals surface area contributed by atoms with Gasteiger partial charge >= 0.3 is 6.03 Å². The first-order valence-electron chi connectivity index (χ1n) is 5.39. The first-order chi connectivity index (χ1) is 6.42. The van der Waals surface area contributed by atoms with E-state index in [0.29, 0.717) is 11.3 Å². The number of rotatable bonds is 1. The highest BCUT2D eigenvalue weighted by Gasteiger charge is 2.28. The zero-order valence-corrected chi connectivity index (χ0v) is 9.76. The summed E-state index contributed by atoms with van der Waals surface area (Å²) in [6.07, 6.45) is 2.37. The van der Waals surface area contributed by atoms with Gasteiger partial charge in [-0.1, -0.05) is 20.8 Å². The predicted octanol–water partition coefficient (Wildman–Crippen LogP) is 2.08. The summed E-state index contributed by atoms with van der Waals surface area (Å²) in [4.78, 5) is 13.3. The normalized spacial score (nSPS) is 22.6. The number of likely N-dealkylation sites (tertiary alicyclic amines) is 1. The first kappa shape index (κ1) is 11.3. The highest BCUT2D eigenvalue weighted by Crippen LogP contribution is 2.30. The number of amides is 2. The van der Waals surface area contributed by atoms with Gasteiger partial charge < -0.3 is 10.2 Å². The molecule has 1 aliphatic heterocycles. The second-order valence-corrected chi connectivity index (χ2v) is 5.42. The van der Waals surface area contributed by atoms with Crippen molar-refractivity contribution in [2.45, 2.75) is 33.6 Å². The molecular weight excluding hydrogens is 176 g/mol. The molecule has 82 valence electrons. The Morgan fingerprint density at radius 1 is 1.50 bits per heavy atom. The SMILES string of the molecule is CNC(=O)N1CC[C@@H](CC(C)(C)C)C1. The van der Waals surface area contributed by atoms with Gasteiger partial charge in [-0.2, -0.15) is 0 Å². The fourth-order valence-corrected chi connectivity index (χ4v) is 2.21. The van der Waals surface area contributed by atoms with Gasteiger partial charge in [0.25, 0.3) is 0 Å². The Morgan fingerprint density at radius 2 is 2.14 bits per heavy atom. The number of nitrogens with zero attached hydrogens (tertiary/aromatic N) is 1. The first-order valence-corrected chi connectivity index (χ1v) is 5.39. The number of hydrogen-bond donors (Lipinski definition) is 1. The molecule has 0 unspecified atom stereocenters. The van der Waals surface area contributed by atoms with E-state index in [1.807, 2.05) is 4.90 Å². The van der Waals surface area contributed by atoms with E-state index in [2.05, 4.69) is 26.1 Å². The molecule has 0 spiro atoms. The van der Waals surface area contributed by atoms with Gasteiger partial charge in [0.05, 0.1) is 0 Å². The molecule has 14 heavy (non-hydrogen) atoms. The summed E-state index contributed by atoms with van der Waals surface area (Å²) in [5, 5.41) is 2.68. The molecule has 1 rings (SSSR count). The van der Waals surface area contributed by atoms with Crippen LogP contribution in [0.3, 0.4) is 0 Å². The van der Waals surface area contributed by atoms with Crippen LogP contribution < -0.4 is 5.32 Å². The van der Waals surface area contributed by atoms with Crippen molar-refractivity contribution < 1.29 is 4.79 Å². The zero-order chi connectivity index (χ0) is 10.8. The van der Waals surface area contributed by atoms with Crippen molar-refractivity contribution in [2.75, 3.05) is 20.1 Å². The molecule has 1 aliphatic rings. The topological polar surface area (TPSA) is 32.3 Å². The summed E-state index contributed by atoms with van der Waals surface area (Å²) < 4.78 is 0. The van der Waals surface area contributed by atoms with Crippen LogP contribution in [0.5, 0.6) is 0 Å². The van der Waals surface area contributed by atoms with Crippen LogP contribution in [-0.2, 0) is 0 Å². The van der Waals surface area contributed by atoms with Gasteiger partial charge in [0.1, 0.15) is 0 Å². The smallest absolute Gasteiger partial charge is 0.317 e. The minimum absolute atomic E-state index is 0.0707. The summed E-state index contributed by atoms with van der Waals surface area (Å²) in [5.41, 5.74) is 0.378. The van der Waals surface area contributed by atoms with Gasteiger partial charge in [0.15, 0.2) is 0 Å². The van der Waals surface area contributed by atoms with Gasteiger partial charge in [-0.15, -0.1) is 0 Å². The van der Waals surface area contributed by atoms with Crippen molar-refractivity contribution >= 4 is 6.03 Å². The molecule has 1 fully saturated rings. The van der Waals surface area contributed by atoms with E-state index >= 15 is 0 Å². The summed E-state index contributed by atoms with van der Waals surface area (Å²) in [5.74, 6) is 0.687. The standard InChI is InChI=1S/C11H22N2O/c1-11(2,3)7-9-5-6-13(8-9)10(14)12-4/h9H,5-8H2,1-4H3,(H,12,14)/t9-/m0/s1. The maximum atomic E-state index is 11.3. The van der Waals surface area contributed by atoms with E-state index in [1.54, 1.807) is 7.05 Å². The fraction of sp³-hybridized carbons (Fsp3) is 0.909. The van der Waals surface area contributed by atoms with Crippen LogP contribution in [0.4, 0.5) is 4.79 Å². The molecule has 0 aromatic carbocycles. The number of carbonyl (C=O) groups is 1. The molecule has 2 amide bonds. The number of nitrogens with one attached hydrogen (secondary N) is 1. The van der Waals surface area contributed by atoms with Crippen LogP contribution in [0.25, 0.3) is 0 Å². The van der Waals surface area contributed by atoms with E-state index in [0.717, 1.165) is 19.5 Å². The summed E-state index contributed by atoms with van der Waals surface area (Å²) >= 11 is 0. The molecule has 0 radical (unpaired) electrons. The molecule has 3 nitrogen and oxygen atoms in total. The van der Waals surface area contributed by atoms with Crippen LogP contribution >= 0.6 is 0 Å². The molecule has 1 heterocycles. The van der Waals surface area contributed by atoms with Crippen LogP contribution in [0.15, 0.2) is 0 Å². The van der Waals surface area contributed by atoms with E-state index in [1.165, 1.54) is 6.42 Å². The minimum atomic E-state index is 0.0707. The van der Waals surface area contributed by atoms with Gasteiger partial charge in [-0.3, -0.25) is 0 Å². The molecule has 1 N–H and O–H groups in total. The maximum absolute atomic E-state index is 11.3. The molecule has 0 aliphatic carbocycles. The third kappa shape index (κ3) is 3.20. The molecule has 0 aromatic rings. The average Bonchev–Trinajstić information content (AvgIpc) is 2.48. The van der Waals surface area contributed by atoms with Crippen molar-refractivity contribution in [3.8, 4) is 0 Å². The molecule has 1 saturated heterocycles. The highest BCUT2D eigenvalue weighted by molar-refractivity contribution is 5.74. The van der Waals surface area contributed by atoms with E-state index < -0.39 is 0 Å². The van der Waals surface area contributed by atoms with Gasteiger partial charge in [-0.25, -0.2) is 4.79 Å². The van der Waals surface area contributed by atoms with Gasteiger partial charge in [-0.05, 0) is 24.2 Å². The largest absolute Gasteiger partial charge is 0.341 e. The second-order valence-electron chi connectivity index (χ2n) is 5.42. The summed E-state index contributed by atoms with van der Waals surface area (Å²) in [6.45, 7) is 8.62. The van der Waals surface area contributed by atoms with Crippen molar-refractivity contribution in [1.82, 2.24) is 10.2 Å². The van der Waals surface area contributed by atoms with Gasteiger partial charge in [0.2, 0.25) is 0 Å². The summed E-state index contributed by atoms with van der Waals surface area (Å²) in [7, 11) is 1.69. The predicted molar refractivity (Wildman–Crippen MR) is 58.2 cm³/mol. The second kappa shape index (κ2) is 4.20. The Morgan fingerprint density at radius 3 is 2.64 bits per heavy atom. The fourth-order valence-electron chi connectivity index (χ4n) is 2.21. The maximum Gasteiger partial charge on any atom is 0.317 e. The third-order valence-electron chi connectivity index (χ3n) is 2.69. The number of hydrogen-bond acceptors (Lipinski definition) is 1. The third-order valence-corrected chi connectivity index (χ3v) is 2.69. The molecular formula is C11H22N2O. The lowest BCUT2D eigenvalue weighted by Crippen LogP contribution is -2.36. The Bertz CT molecular complexity index is 208. The minimum Gasteiger partial charge on any atom is -0.341 e. The Hall–Kier alpha value is -0.730. The van der Waals surface area contributed by atoms with Crippen LogP contribution in [0.1, 0.15) is 33.6 Å². The van der Waals surface area contributed by atoms with Crippen molar-refractivity contribution in [3.05, 3.63) is 0 Å². The highest BCUT2D eigenvalue weighted by atomic mass is 16.2. The van der Waals surface area contributed by atoms with E-state index in [9.17, 15) is 4.79 Å². The lowest BCUT2D eigenvalue weighted by atomic mass is 9.84. The average molecular weight is 198 g/mol. The summed E-state index contributed by atoms with van der Waals surface area (Å²) in [6, 6.07) is 0.0707. The lowest BCUT2D eigenvalue weighted by molar-refractivity contribution is 0.206. The van der Waals surface area contributed by atoms with Crippen LogP contribution in [0.2, 0.25) is 0 Å². The Kier molecular flexibility index (Phi) is 3.40. The number of urea groups is 1. The Labute approximate surface area is 86.9 Å². The monoisotopic (exact) mass is 198 g/mol. The number of carbonyl (C=O) groups excluding carboxylic acids is 1. The van der Waals surface area contributed by atoms with E-state index in [4.69, 9.17) is 0 Å². The quantitative estimate of drug-likeness (QED) is 0.687. The Balaban J connectivity index is 2.38. The van der Waals surface area contributed by atoms with Crippen LogP contribution in [-0.4, -0.2) is 31.1 Å². The molecule has 0 bridgehead atoms.